The van der Waals surface area contributed by atoms with Crippen LogP contribution in [0.4, 0.5) is 0 Å². The highest BCUT2D eigenvalue weighted by Gasteiger charge is 2.26. The van der Waals surface area contributed by atoms with Crippen LogP contribution in [-0.4, -0.2) is 62.1 Å². The molecule has 0 spiro atoms. The van der Waals surface area contributed by atoms with Crippen molar-refractivity contribution in [3.63, 3.8) is 0 Å². The summed E-state index contributed by atoms with van der Waals surface area (Å²) in [6, 6.07) is 0.229. The first-order chi connectivity index (χ1) is 7.15. The second-order valence-electron chi connectivity index (χ2n) is 4.33. The number of amides is 1. The van der Waals surface area contributed by atoms with E-state index in [0.29, 0.717) is 19.6 Å². The number of nitrogens with zero attached hydrogens (tertiary/aromatic N) is 2. The highest BCUT2D eigenvalue weighted by Crippen LogP contribution is 2.10. The standard InChI is InChI=1S/C11H22N2O2/c1-4-5-11(14)13-6-7-15-9-10(13)8-12(2)3/h10H,4-9H2,1-3H3. The summed E-state index contributed by atoms with van der Waals surface area (Å²) in [4.78, 5) is 15.9. The Kier molecular flexibility index (Phi) is 5.05. The lowest BCUT2D eigenvalue weighted by atomic mass is 10.2. The Bertz CT molecular complexity index is 207. The van der Waals surface area contributed by atoms with Gasteiger partial charge in [0.2, 0.25) is 5.91 Å². The third-order valence-corrected chi connectivity index (χ3v) is 2.59. The van der Waals surface area contributed by atoms with Crippen molar-refractivity contribution in [1.82, 2.24) is 9.80 Å². The van der Waals surface area contributed by atoms with Gasteiger partial charge in [0.15, 0.2) is 0 Å². The van der Waals surface area contributed by atoms with Crippen LogP contribution < -0.4 is 0 Å². The number of likely N-dealkylation sites (N-methyl/N-ethyl adjacent to an activating group) is 1. The van der Waals surface area contributed by atoms with E-state index in [-0.39, 0.29) is 11.9 Å². The van der Waals surface area contributed by atoms with Crippen molar-refractivity contribution in [2.24, 2.45) is 0 Å². The molecule has 1 saturated heterocycles. The Balaban J connectivity index is 2.52. The summed E-state index contributed by atoms with van der Waals surface area (Å²) in [6.45, 7) is 5.03. The fourth-order valence-corrected chi connectivity index (χ4v) is 1.91. The molecule has 0 aromatic carbocycles. The van der Waals surface area contributed by atoms with Crippen molar-refractivity contribution >= 4 is 5.91 Å². The van der Waals surface area contributed by atoms with Gasteiger partial charge in [0, 0.05) is 19.5 Å². The van der Waals surface area contributed by atoms with E-state index in [2.05, 4.69) is 4.90 Å². The Morgan fingerprint density at radius 2 is 2.27 bits per heavy atom. The van der Waals surface area contributed by atoms with Crippen LogP contribution in [0, 0.1) is 0 Å². The third kappa shape index (κ3) is 3.80. The molecular weight excluding hydrogens is 192 g/mol. The maximum absolute atomic E-state index is 11.8. The maximum atomic E-state index is 11.8. The number of hydrogen-bond donors (Lipinski definition) is 0. The molecule has 4 heteroatoms. The molecule has 0 radical (unpaired) electrons. The second-order valence-corrected chi connectivity index (χ2v) is 4.33. The predicted molar refractivity (Wildman–Crippen MR) is 59.8 cm³/mol. The molecule has 1 rings (SSSR count). The van der Waals surface area contributed by atoms with E-state index in [0.717, 1.165) is 19.5 Å². The van der Waals surface area contributed by atoms with Gasteiger partial charge in [0.1, 0.15) is 0 Å². The molecule has 1 amide bonds. The van der Waals surface area contributed by atoms with E-state index in [1.165, 1.54) is 0 Å². The molecule has 1 aliphatic rings. The fraction of sp³-hybridized carbons (Fsp3) is 0.909. The van der Waals surface area contributed by atoms with E-state index in [9.17, 15) is 4.79 Å². The van der Waals surface area contributed by atoms with Gasteiger partial charge >= 0.3 is 0 Å². The van der Waals surface area contributed by atoms with Gasteiger partial charge in [-0.15, -0.1) is 0 Å². The lowest BCUT2D eigenvalue weighted by molar-refractivity contribution is -0.140. The maximum Gasteiger partial charge on any atom is 0.223 e. The minimum atomic E-state index is 0.229. The number of morpholine rings is 1. The summed E-state index contributed by atoms with van der Waals surface area (Å²) in [5.74, 6) is 0.271. The average Bonchev–Trinajstić information content (AvgIpc) is 2.18. The molecule has 0 aromatic rings. The number of hydrogen-bond acceptors (Lipinski definition) is 3. The molecule has 88 valence electrons. The van der Waals surface area contributed by atoms with Crippen LogP contribution in [0.2, 0.25) is 0 Å². The summed E-state index contributed by atoms with van der Waals surface area (Å²) in [6.07, 6.45) is 1.58. The van der Waals surface area contributed by atoms with Crippen molar-refractivity contribution in [3.8, 4) is 0 Å². The molecule has 4 nitrogen and oxygen atoms in total. The summed E-state index contributed by atoms with van der Waals surface area (Å²) in [5.41, 5.74) is 0. The van der Waals surface area contributed by atoms with Gasteiger partial charge in [-0.3, -0.25) is 4.79 Å². The van der Waals surface area contributed by atoms with Crippen molar-refractivity contribution < 1.29 is 9.53 Å². The molecular formula is C11H22N2O2. The van der Waals surface area contributed by atoms with Crippen molar-refractivity contribution in [3.05, 3.63) is 0 Å². The zero-order chi connectivity index (χ0) is 11.3. The molecule has 15 heavy (non-hydrogen) atoms. The lowest BCUT2D eigenvalue weighted by Gasteiger charge is -2.37. The average molecular weight is 214 g/mol. The number of carbonyl (C=O) groups excluding carboxylic acids is 1. The summed E-state index contributed by atoms with van der Waals surface area (Å²) < 4.78 is 5.42. The van der Waals surface area contributed by atoms with Crippen LogP contribution in [0.25, 0.3) is 0 Å². The van der Waals surface area contributed by atoms with Gasteiger partial charge < -0.3 is 14.5 Å². The van der Waals surface area contributed by atoms with E-state index in [4.69, 9.17) is 4.74 Å². The first-order valence-corrected chi connectivity index (χ1v) is 5.67. The number of carbonyl (C=O) groups is 1. The first kappa shape index (κ1) is 12.5. The van der Waals surface area contributed by atoms with Gasteiger partial charge in [-0.05, 0) is 20.5 Å². The highest BCUT2D eigenvalue weighted by atomic mass is 16.5. The molecule has 1 atom stereocenters. The van der Waals surface area contributed by atoms with Gasteiger partial charge in [0.25, 0.3) is 0 Å². The molecule has 0 saturated carbocycles. The van der Waals surface area contributed by atoms with Gasteiger partial charge in [-0.2, -0.15) is 0 Å². The summed E-state index contributed by atoms with van der Waals surface area (Å²) >= 11 is 0. The van der Waals surface area contributed by atoms with E-state index in [1.54, 1.807) is 0 Å². The van der Waals surface area contributed by atoms with Crippen molar-refractivity contribution in [1.29, 1.82) is 0 Å². The van der Waals surface area contributed by atoms with Gasteiger partial charge in [-0.1, -0.05) is 6.92 Å². The molecule has 0 aromatic heterocycles. The Labute approximate surface area is 92.2 Å². The van der Waals surface area contributed by atoms with Crippen molar-refractivity contribution in [2.45, 2.75) is 25.8 Å². The normalized spacial score (nSPS) is 22.1. The van der Waals surface area contributed by atoms with Crippen LogP contribution in [0.5, 0.6) is 0 Å². The fourth-order valence-electron chi connectivity index (χ4n) is 1.91. The minimum absolute atomic E-state index is 0.229. The highest BCUT2D eigenvalue weighted by molar-refractivity contribution is 5.76. The summed E-state index contributed by atoms with van der Waals surface area (Å²) in [5, 5.41) is 0. The molecule has 1 aliphatic heterocycles. The zero-order valence-electron chi connectivity index (χ0n) is 10.0. The monoisotopic (exact) mass is 214 g/mol. The van der Waals surface area contributed by atoms with E-state index in [1.807, 2.05) is 25.9 Å². The van der Waals surface area contributed by atoms with Crippen LogP contribution in [0.3, 0.4) is 0 Å². The van der Waals surface area contributed by atoms with Gasteiger partial charge in [-0.25, -0.2) is 0 Å². The topological polar surface area (TPSA) is 32.8 Å². The van der Waals surface area contributed by atoms with Crippen molar-refractivity contribution in [2.75, 3.05) is 40.4 Å². The van der Waals surface area contributed by atoms with E-state index >= 15 is 0 Å². The predicted octanol–water partition coefficient (Wildman–Crippen LogP) is 0.575. The third-order valence-electron chi connectivity index (χ3n) is 2.59. The van der Waals surface area contributed by atoms with Crippen LogP contribution in [0.1, 0.15) is 19.8 Å². The zero-order valence-corrected chi connectivity index (χ0v) is 10.0. The first-order valence-electron chi connectivity index (χ1n) is 5.67. The molecule has 0 bridgehead atoms. The van der Waals surface area contributed by atoms with Crippen LogP contribution in [0.15, 0.2) is 0 Å². The Hall–Kier alpha value is -0.610. The molecule has 1 unspecified atom stereocenters. The SMILES string of the molecule is CCCC(=O)N1CCOCC1CN(C)C. The van der Waals surface area contributed by atoms with Crippen LogP contribution in [-0.2, 0) is 9.53 Å². The van der Waals surface area contributed by atoms with Gasteiger partial charge in [0.05, 0.1) is 19.3 Å². The number of ether oxygens (including phenoxy) is 1. The summed E-state index contributed by atoms with van der Waals surface area (Å²) in [7, 11) is 4.05. The lowest BCUT2D eigenvalue weighted by Crippen LogP contribution is -2.52. The van der Waals surface area contributed by atoms with Crippen LogP contribution >= 0.6 is 0 Å². The largest absolute Gasteiger partial charge is 0.377 e. The Morgan fingerprint density at radius 3 is 2.87 bits per heavy atom. The Morgan fingerprint density at radius 1 is 1.53 bits per heavy atom. The quantitative estimate of drug-likeness (QED) is 0.686. The minimum Gasteiger partial charge on any atom is -0.377 e. The molecule has 1 fully saturated rings. The molecule has 1 heterocycles. The smallest absolute Gasteiger partial charge is 0.223 e. The number of rotatable bonds is 4. The molecule has 0 aliphatic carbocycles. The molecule has 0 N–H and O–H groups in total. The van der Waals surface area contributed by atoms with E-state index < -0.39 is 0 Å². The second kappa shape index (κ2) is 6.08.